The van der Waals surface area contributed by atoms with Crippen molar-refractivity contribution in [3.63, 3.8) is 0 Å². The highest BCUT2D eigenvalue weighted by Crippen LogP contribution is 2.17. The van der Waals surface area contributed by atoms with E-state index in [2.05, 4.69) is 25.3 Å². The first kappa shape index (κ1) is 12.7. The summed E-state index contributed by atoms with van der Waals surface area (Å²) in [5.74, 6) is 1.67. The third-order valence-electron chi connectivity index (χ3n) is 2.32. The van der Waals surface area contributed by atoms with E-state index in [1.165, 1.54) is 6.33 Å². The summed E-state index contributed by atoms with van der Waals surface area (Å²) in [6.07, 6.45) is 3.22. The van der Waals surface area contributed by atoms with Crippen LogP contribution >= 0.6 is 11.6 Å². The maximum atomic E-state index is 5.96. The van der Waals surface area contributed by atoms with Crippen molar-refractivity contribution in [3.8, 4) is 0 Å². The highest BCUT2D eigenvalue weighted by molar-refractivity contribution is 6.29. The van der Waals surface area contributed by atoms with Gasteiger partial charge in [0.05, 0.1) is 12.2 Å². The topological polar surface area (TPSA) is 63.6 Å². The minimum Gasteiger partial charge on any atom is -0.364 e. The molecule has 2 aromatic heterocycles. The second-order valence-corrected chi connectivity index (χ2v) is 4.53. The SMILES string of the molecule is CC(C)c1nc(Cl)cc(NCc2ccncn2)n1. The van der Waals surface area contributed by atoms with Gasteiger partial charge in [-0.2, -0.15) is 0 Å². The Bertz CT molecular complexity index is 515. The van der Waals surface area contributed by atoms with Crippen LogP contribution in [-0.2, 0) is 6.54 Å². The standard InChI is InChI=1S/C12H14ClN5/c1-8(2)12-17-10(13)5-11(18-12)15-6-9-3-4-14-7-16-9/h3-5,7-8H,6H2,1-2H3,(H,15,17,18). The normalized spacial score (nSPS) is 10.7. The molecule has 0 aliphatic carbocycles. The molecule has 0 fully saturated rings. The zero-order valence-electron chi connectivity index (χ0n) is 10.3. The van der Waals surface area contributed by atoms with Gasteiger partial charge in [0.1, 0.15) is 23.1 Å². The Morgan fingerprint density at radius 1 is 1.33 bits per heavy atom. The largest absolute Gasteiger partial charge is 0.364 e. The van der Waals surface area contributed by atoms with Crippen molar-refractivity contribution in [2.75, 3.05) is 5.32 Å². The average molecular weight is 264 g/mol. The van der Waals surface area contributed by atoms with E-state index in [1.807, 2.05) is 19.9 Å². The summed E-state index contributed by atoms with van der Waals surface area (Å²) in [7, 11) is 0. The summed E-state index contributed by atoms with van der Waals surface area (Å²) >= 11 is 5.96. The molecule has 0 aromatic carbocycles. The Balaban J connectivity index is 2.10. The first-order valence-electron chi connectivity index (χ1n) is 5.68. The molecule has 2 aromatic rings. The highest BCUT2D eigenvalue weighted by atomic mass is 35.5. The molecule has 2 heterocycles. The van der Waals surface area contributed by atoms with Gasteiger partial charge in [0.25, 0.3) is 0 Å². The Labute approximate surface area is 111 Å². The van der Waals surface area contributed by atoms with Crippen LogP contribution in [0.3, 0.4) is 0 Å². The molecule has 5 nitrogen and oxygen atoms in total. The Kier molecular flexibility index (Phi) is 4.04. The van der Waals surface area contributed by atoms with Crippen LogP contribution in [0.2, 0.25) is 5.15 Å². The summed E-state index contributed by atoms with van der Waals surface area (Å²) in [4.78, 5) is 16.6. The lowest BCUT2D eigenvalue weighted by Gasteiger charge is -2.09. The van der Waals surface area contributed by atoms with Gasteiger partial charge in [0.2, 0.25) is 0 Å². The third kappa shape index (κ3) is 3.37. The predicted molar refractivity (Wildman–Crippen MR) is 70.5 cm³/mol. The van der Waals surface area contributed by atoms with E-state index in [4.69, 9.17) is 11.6 Å². The summed E-state index contributed by atoms with van der Waals surface area (Å²) in [6.45, 7) is 4.63. The molecule has 0 saturated carbocycles. The second-order valence-electron chi connectivity index (χ2n) is 4.14. The average Bonchev–Trinajstić information content (AvgIpc) is 2.37. The Morgan fingerprint density at radius 3 is 2.83 bits per heavy atom. The molecular weight excluding hydrogens is 250 g/mol. The maximum absolute atomic E-state index is 5.96. The molecule has 0 amide bonds. The van der Waals surface area contributed by atoms with Crippen molar-refractivity contribution in [2.45, 2.75) is 26.3 Å². The Morgan fingerprint density at radius 2 is 2.17 bits per heavy atom. The number of aromatic nitrogens is 4. The zero-order valence-corrected chi connectivity index (χ0v) is 11.0. The highest BCUT2D eigenvalue weighted by Gasteiger charge is 2.06. The fraction of sp³-hybridized carbons (Fsp3) is 0.333. The summed E-state index contributed by atoms with van der Waals surface area (Å²) in [5, 5.41) is 3.61. The van der Waals surface area contributed by atoms with Gasteiger partial charge in [-0.05, 0) is 6.07 Å². The number of halogens is 1. The molecule has 0 saturated heterocycles. The fourth-order valence-electron chi connectivity index (χ4n) is 1.39. The first-order valence-corrected chi connectivity index (χ1v) is 6.06. The molecule has 0 aliphatic rings. The summed E-state index contributed by atoms with van der Waals surface area (Å²) < 4.78 is 0. The van der Waals surface area contributed by atoms with E-state index in [0.717, 1.165) is 11.5 Å². The van der Waals surface area contributed by atoms with Crippen molar-refractivity contribution in [3.05, 3.63) is 41.3 Å². The quantitative estimate of drug-likeness (QED) is 0.859. The van der Waals surface area contributed by atoms with Gasteiger partial charge >= 0.3 is 0 Å². The van der Waals surface area contributed by atoms with E-state index >= 15 is 0 Å². The number of nitrogens with zero attached hydrogens (tertiary/aromatic N) is 4. The van der Waals surface area contributed by atoms with Crippen LogP contribution in [0.1, 0.15) is 31.3 Å². The van der Waals surface area contributed by atoms with Crippen molar-refractivity contribution >= 4 is 17.4 Å². The molecule has 2 rings (SSSR count). The Hall–Kier alpha value is -1.75. The van der Waals surface area contributed by atoms with Gasteiger partial charge in [0, 0.05) is 18.2 Å². The summed E-state index contributed by atoms with van der Waals surface area (Å²) in [5.41, 5.74) is 0.894. The van der Waals surface area contributed by atoms with Gasteiger partial charge < -0.3 is 5.32 Å². The minimum absolute atomic E-state index is 0.239. The minimum atomic E-state index is 0.239. The molecule has 0 radical (unpaired) electrons. The van der Waals surface area contributed by atoms with E-state index in [0.29, 0.717) is 17.5 Å². The van der Waals surface area contributed by atoms with Crippen LogP contribution in [0.15, 0.2) is 24.7 Å². The zero-order chi connectivity index (χ0) is 13.0. The van der Waals surface area contributed by atoms with Gasteiger partial charge in [-0.3, -0.25) is 0 Å². The van der Waals surface area contributed by atoms with Crippen LogP contribution < -0.4 is 5.32 Å². The molecule has 0 aliphatic heterocycles. The number of nitrogens with one attached hydrogen (secondary N) is 1. The van der Waals surface area contributed by atoms with E-state index in [9.17, 15) is 0 Å². The maximum Gasteiger partial charge on any atom is 0.135 e. The molecule has 0 spiro atoms. The van der Waals surface area contributed by atoms with Gasteiger partial charge in [-0.1, -0.05) is 25.4 Å². The molecule has 0 bridgehead atoms. The first-order chi connectivity index (χ1) is 8.65. The molecule has 1 N–H and O–H groups in total. The molecular formula is C12H14ClN5. The van der Waals surface area contributed by atoms with Crippen LogP contribution in [-0.4, -0.2) is 19.9 Å². The fourth-order valence-corrected chi connectivity index (χ4v) is 1.58. The number of rotatable bonds is 4. The molecule has 18 heavy (non-hydrogen) atoms. The smallest absolute Gasteiger partial charge is 0.135 e. The predicted octanol–water partition coefficient (Wildman–Crippen LogP) is 2.66. The molecule has 94 valence electrons. The number of hydrogen-bond acceptors (Lipinski definition) is 5. The van der Waals surface area contributed by atoms with E-state index in [1.54, 1.807) is 12.3 Å². The third-order valence-corrected chi connectivity index (χ3v) is 2.52. The molecule has 0 atom stereocenters. The van der Waals surface area contributed by atoms with E-state index in [-0.39, 0.29) is 5.92 Å². The van der Waals surface area contributed by atoms with Crippen molar-refractivity contribution in [1.29, 1.82) is 0 Å². The lowest BCUT2D eigenvalue weighted by atomic mass is 10.2. The lowest BCUT2D eigenvalue weighted by Crippen LogP contribution is -2.06. The van der Waals surface area contributed by atoms with Crippen LogP contribution in [0, 0.1) is 0 Å². The van der Waals surface area contributed by atoms with Crippen LogP contribution in [0.25, 0.3) is 0 Å². The lowest BCUT2D eigenvalue weighted by molar-refractivity contribution is 0.774. The van der Waals surface area contributed by atoms with Gasteiger partial charge in [-0.15, -0.1) is 0 Å². The van der Waals surface area contributed by atoms with Gasteiger partial charge in [0.15, 0.2) is 0 Å². The molecule has 0 unspecified atom stereocenters. The summed E-state index contributed by atoms with van der Waals surface area (Å²) in [6, 6.07) is 3.55. The number of anilines is 1. The van der Waals surface area contributed by atoms with Crippen molar-refractivity contribution < 1.29 is 0 Å². The monoisotopic (exact) mass is 263 g/mol. The van der Waals surface area contributed by atoms with E-state index < -0.39 is 0 Å². The van der Waals surface area contributed by atoms with Crippen molar-refractivity contribution in [1.82, 2.24) is 19.9 Å². The van der Waals surface area contributed by atoms with Crippen LogP contribution in [0.5, 0.6) is 0 Å². The van der Waals surface area contributed by atoms with Gasteiger partial charge in [-0.25, -0.2) is 19.9 Å². The second kappa shape index (κ2) is 5.73. The molecule has 6 heteroatoms. The van der Waals surface area contributed by atoms with Crippen molar-refractivity contribution in [2.24, 2.45) is 0 Å². The number of hydrogen-bond donors (Lipinski definition) is 1. The van der Waals surface area contributed by atoms with Crippen LogP contribution in [0.4, 0.5) is 5.82 Å².